The summed E-state index contributed by atoms with van der Waals surface area (Å²) in [4.78, 5) is 4.45. The Kier molecular flexibility index (Phi) is 2.46. The van der Waals surface area contributed by atoms with Gasteiger partial charge in [0.15, 0.2) is 0 Å². The van der Waals surface area contributed by atoms with Crippen LogP contribution in [-0.2, 0) is 6.54 Å². The van der Waals surface area contributed by atoms with Crippen LogP contribution in [0.5, 0.6) is 0 Å². The lowest BCUT2D eigenvalue weighted by Gasteiger charge is -1.96. The van der Waals surface area contributed by atoms with E-state index in [-0.39, 0.29) is 0 Å². The van der Waals surface area contributed by atoms with Gasteiger partial charge in [0.25, 0.3) is 0 Å². The van der Waals surface area contributed by atoms with Crippen LogP contribution in [0.1, 0.15) is 18.5 Å². The number of nitrogens with zero attached hydrogens (tertiary/aromatic N) is 1. The lowest BCUT2D eigenvalue weighted by Crippen LogP contribution is -2.15. The molecule has 1 saturated carbocycles. The molecule has 1 N–H and O–H groups in total. The maximum Gasteiger partial charge on any atom is 0.226 e. The van der Waals surface area contributed by atoms with E-state index in [1.54, 1.807) is 6.26 Å². The fraction of sp³-hybridized carbons (Fsp3) is 0.308. The van der Waals surface area contributed by atoms with E-state index in [1.165, 1.54) is 12.8 Å². The van der Waals surface area contributed by atoms with E-state index < -0.39 is 0 Å². The third-order valence-electron chi connectivity index (χ3n) is 2.72. The van der Waals surface area contributed by atoms with Crippen LogP contribution in [0.2, 0.25) is 0 Å². The van der Waals surface area contributed by atoms with Gasteiger partial charge in [0.1, 0.15) is 6.26 Å². The molecule has 0 unspecified atom stereocenters. The fourth-order valence-corrected chi connectivity index (χ4v) is 1.64. The van der Waals surface area contributed by atoms with Crippen LogP contribution >= 0.6 is 0 Å². The van der Waals surface area contributed by atoms with Gasteiger partial charge in [-0.2, -0.15) is 0 Å². The van der Waals surface area contributed by atoms with Gasteiger partial charge >= 0.3 is 0 Å². The van der Waals surface area contributed by atoms with Gasteiger partial charge in [0.05, 0.1) is 5.69 Å². The molecule has 3 rings (SSSR count). The van der Waals surface area contributed by atoms with Gasteiger partial charge in [0.2, 0.25) is 5.89 Å². The SMILES string of the molecule is c1ccc(-c2nc(CNC3CC3)co2)cc1. The number of hydrogen-bond acceptors (Lipinski definition) is 3. The molecule has 82 valence electrons. The highest BCUT2D eigenvalue weighted by atomic mass is 16.3. The van der Waals surface area contributed by atoms with Crippen LogP contribution in [0.15, 0.2) is 41.0 Å². The minimum Gasteiger partial charge on any atom is -0.444 e. The summed E-state index contributed by atoms with van der Waals surface area (Å²) in [7, 11) is 0. The molecule has 1 heterocycles. The summed E-state index contributed by atoms with van der Waals surface area (Å²) in [6, 6.07) is 10.7. The number of benzene rings is 1. The second-order valence-electron chi connectivity index (χ2n) is 4.17. The number of hydrogen-bond donors (Lipinski definition) is 1. The molecule has 0 radical (unpaired) electrons. The molecule has 3 heteroatoms. The van der Waals surface area contributed by atoms with Crippen LogP contribution in [0.3, 0.4) is 0 Å². The number of aromatic nitrogens is 1. The van der Waals surface area contributed by atoms with Crippen molar-refractivity contribution in [3.05, 3.63) is 42.3 Å². The third kappa shape index (κ3) is 2.14. The Balaban J connectivity index is 1.71. The number of oxazole rings is 1. The van der Waals surface area contributed by atoms with Gasteiger partial charge in [-0.25, -0.2) is 4.98 Å². The Morgan fingerprint density at radius 2 is 2.06 bits per heavy atom. The molecule has 0 spiro atoms. The highest BCUT2D eigenvalue weighted by molar-refractivity contribution is 5.52. The van der Waals surface area contributed by atoms with E-state index in [0.717, 1.165) is 17.8 Å². The first-order chi connectivity index (χ1) is 7.92. The van der Waals surface area contributed by atoms with Crippen LogP contribution in [-0.4, -0.2) is 11.0 Å². The number of nitrogens with one attached hydrogen (secondary N) is 1. The van der Waals surface area contributed by atoms with Crippen molar-refractivity contribution in [1.29, 1.82) is 0 Å². The first kappa shape index (κ1) is 9.60. The minimum atomic E-state index is 0.702. The summed E-state index contributed by atoms with van der Waals surface area (Å²) in [5, 5.41) is 3.42. The smallest absolute Gasteiger partial charge is 0.226 e. The van der Waals surface area contributed by atoms with Crippen molar-refractivity contribution >= 4 is 0 Å². The lowest BCUT2D eigenvalue weighted by atomic mass is 10.2. The summed E-state index contributed by atoms with van der Waals surface area (Å²) < 4.78 is 5.45. The molecule has 1 aromatic carbocycles. The van der Waals surface area contributed by atoms with Gasteiger partial charge in [0, 0.05) is 18.2 Å². The largest absolute Gasteiger partial charge is 0.444 e. The molecular formula is C13H14N2O. The quantitative estimate of drug-likeness (QED) is 0.850. The van der Waals surface area contributed by atoms with Gasteiger partial charge < -0.3 is 9.73 Å². The van der Waals surface area contributed by atoms with Crippen LogP contribution in [0, 0.1) is 0 Å². The van der Waals surface area contributed by atoms with Gasteiger partial charge in [-0.15, -0.1) is 0 Å². The monoisotopic (exact) mass is 214 g/mol. The molecule has 1 fully saturated rings. The van der Waals surface area contributed by atoms with Crippen molar-refractivity contribution in [2.24, 2.45) is 0 Å². The van der Waals surface area contributed by atoms with Crippen molar-refractivity contribution in [3.8, 4) is 11.5 Å². The summed E-state index contributed by atoms with van der Waals surface area (Å²) in [6.07, 6.45) is 4.32. The van der Waals surface area contributed by atoms with E-state index in [4.69, 9.17) is 4.42 Å². The van der Waals surface area contributed by atoms with E-state index >= 15 is 0 Å². The standard InChI is InChI=1S/C13H14N2O/c1-2-4-10(5-3-1)13-15-12(9-16-13)8-14-11-6-7-11/h1-5,9,11,14H,6-8H2. The van der Waals surface area contributed by atoms with Gasteiger partial charge in [-0.1, -0.05) is 18.2 Å². The Hall–Kier alpha value is -1.61. The molecule has 2 aromatic rings. The molecule has 1 aromatic heterocycles. The molecule has 0 aliphatic heterocycles. The third-order valence-corrected chi connectivity index (χ3v) is 2.72. The lowest BCUT2D eigenvalue weighted by molar-refractivity contribution is 0.570. The van der Waals surface area contributed by atoms with E-state index in [0.29, 0.717) is 11.9 Å². The van der Waals surface area contributed by atoms with Crippen molar-refractivity contribution < 1.29 is 4.42 Å². The summed E-state index contributed by atoms with van der Waals surface area (Å²) >= 11 is 0. The molecule has 0 bridgehead atoms. The summed E-state index contributed by atoms with van der Waals surface area (Å²) in [5.74, 6) is 0.702. The van der Waals surface area contributed by atoms with E-state index in [2.05, 4.69) is 10.3 Å². The first-order valence-electron chi connectivity index (χ1n) is 5.65. The van der Waals surface area contributed by atoms with Gasteiger partial charge in [-0.05, 0) is 25.0 Å². The van der Waals surface area contributed by atoms with Crippen molar-refractivity contribution in [1.82, 2.24) is 10.3 Å². The average Bonchev–Trinajstić information content (AvgIpc) is 3.05. The average molecular weight is 214 g/mol. The molecular weight excluding hydrogens is 200 g/mol. The highest BCUT2D eigenvalue weighted by Crippen LogP contribution is 2.21. The maximum atomic E-state index is 5.45. The second-order valence-corrected chi connectivity index (χ2v) is 4.17. The summed E-state index contributed by atoms with van der Waals surface area (Å²) in [5.41, 5.74) is 2.01. The Morgan fingerprint density at radius 1 is 1.25 bits per heavy atom. The predicted octanol–water partition coefficient (Wildman–Crippen LogP) is 2.59. The van der Waals surface area contributed by atoms with Crippen LogP contribution < -0.4 is 5.32 Å². The van der Waals surface area contributed by atoms with Crippen LogP contribution in [0.4, 0.5) is 0 Å². The second kappa shape index (κ2) is 4.10. The zero-order valence-corrected chi connectivity index (χ0v) is 9.02. The molecule has 0 saturated heterocycles. The van der Waals surface area contributed by atoms with E-state index in [9.17, 15) is 0 Å². The van der Waals surface area contributed by atoms with E-state index in [1.807, 2.05) is 30.3 Å². The zero-order chi connectivity index (χ0) is 10.8. The number of rotatable bonds is 4. The Morgan fingerprint density at radius 3 is 2.81 bits per heavy atom. The fourth-order valence-electron chi connectivity index (χ4n) is 1.64. The van der Waals surface area contributed by atoms with Gasteiger partial charge in [-0.3, -0.25) is 0 Å². The molecule has 16 heavy (non-hydrogen) atoms. The maximum absolute atomic E-state index is 5.45. The summed E-state index contributed by atoms with van der Waals surface area (Å²) in [6.45, 7) is 0.807. The van der Waals surface area contributed by atoms with Crippen molar-refractivity contribution in [3.63, 3.8) is 0 Å². The predicted molar refractivity (Wildman–Crippen MR) is 61.8 cm³/mol. The molecule has 1 aliphatic carbocycles. The molecule has 0 amide bonds. The molecule has 0 atom stereocenters. The zero-order valence-electron chi connectivity index (χ0n) is 9.02. The molecule has 3 nitrogen and oxygen atoms in total. The highest BCUT2D eigenvalue weighted by Gasteiger charge is 2.20. The van der Waals surface area contributed by atoms with Crippen LogP contribution in [0.25, 0.3) is 11.5 Å². The Labute approximate surface area is 94.5 Å². The first-order valence-corrected chi connectivity index (χ1v) is 5.65. The normalized spacial score (nSPS) is 15.2. The minimum absolute atomic E-state index is 0.702. The topological polar surface area (TPSA) is 38.1 Å². The van der Waals surface area contributed by atoms with Crippen molar-refractivity contribution in [2.45, 2.75) is 25.4 Å². The molecule has 1 aliphatic rings. The Bertz CT molecular complexity index is 460. The van der Waals surface area contributed by atoms with Crippen molar-refractivity contribution in [2.75, 3.05) is 0 Å².